The zero-order valence-corrected chi connectivity index (χ0v) is 7.94. The molecule has 0 heterocycles. The fourth-order valence-corrected chi connectivity index (χ4v) is 1.14. The summed E-state index contributed by atoms with van der Waals surface area (Å²) in [4.78, 5) is 3.10. The van der Waals surface area contributed by atoms with Crippen molar-refractivity contribution in [3.63, 3.8) is 0 Å². The van der Waals surface area contributed by atoms with Crippen LogP contribution in [0.15, 0.2) is 4.76 Å². The molecule has 0 aliphatic rings. The Labute approximate surface area is 66.7 Å². The second-order valence-electron chi connectivity index (χ2n) is 2.40. The Morgan fingerprint density at radius 1 is 1.09 bits per heavy atom. The monoisotopic (exact) mass is 183 g/mol. The summed E-state index contributed by atoms with van der Waals surface area (Å²) in [5.74, 6) is 0.293. The van der Waals surface area contributed by atoms with Gasteiger partial charge in [0.25, 0.3) is 0 Å². The van der Waals surface area contributed by atoms with Crippen molar-refractivity contribution in [1.82, 2.24) is 9.80 Å². The molecule has 0 aromatic carbocycles. The third kappa shape index (κ3) is 4.09. The van der Waals surface area contributed by atoms with Crippen molar-refractivity contribution in [2.24, 2.45) is 4.76 Å². The van der Waals surface area contributed by atoms with Crippen LogP contribution < -0.4 is 0 Å². The van der Waals surface area contributed by atoms with Crippen molar-refractivity contribution in [1.29, 1.82) is 0 Å². The molecule has 0 aromatic rings. The Bertz CT molecular complexity index is 137. The first-order valence-electron chi connectivity index (χ1n) is 3.00. The zero-order chi connectivity index (χ0) is 9.02. The number of guanidine groups is 1. The third-order valence-corrected chi connectivity index (χ3v) is 1.30. The first kappa shape index (κ1) is 10.6. The van der Waals surface area contributed by atoms with Crippen molar-refractivity contribution < 1.29 is 8.39 Å². The number of hydrogen-bond donors (Lipinski definition) is 0. The molecule has 0 aliphatic carbocycles. The van der Waals surface area contributed by atoms with E-state index in [0.29, 0.717) is 5.96 Å². The Morgan fingerprint density at radius 3 is 1.55 bits per heavy atom. The molecular formula is C5H12F2N3P. The fourth-order valence-electron chi connectivity index (χ4n) is 0.646. The predicted octanol–water partition coefficient (Wildman–Crippen LogP) is 1.63. The van der Waals surface area contributed by atoms with Gasteiger partial charge in [0.05, 0.1) is 0 Å². The van der Waals surface area contributed by atoms with Gasteiger partial charge in [0.15, 0.2) is 0 Å². The Hall–Kier alpha value is -0.440. The molecule has 0 unspecified atom stereocenters. The van der Waals surface area contributed by atoms with E-state index in [1.165, 1.54) is 0 Å². The summed E-state index contributed by atoms with van der Waals surface area (Å²) in [5, 5.41) is 0. The lowest BCUT2D eigenvalue weighted by atomic mass is 10.7. The molecule has 0 aliphatic heterocycles. The van der Waals surface area contributed by atoms with Crippen LogP contribution in [-0.2, 0) is 0 Å². The van der Waals surface area contributed by atoms with Gasteiger partial charge < -0.3 is 9.80 Å². The quantitative estimate of drug-likeness (QED) is 0.349. The predicted molar refractivity (Wildman–Crippen MR) is 43.9 cm³/mol. The summed E-state index contributed by atoms with van der Waals surface area (Å²) in [6, 6.07) is 0. The number of rotatable bonds is 1. The maximum absolute atomic E-state index is 11.8. The maximum atomic E-state index is 11.8. The summed E-state index contributed by atoms with van der Waals surface area (Å²) in [6.07, 6.45) is 0. The Morgan fingerprint density at radius 2 is 1.45 bits per heavy atom. The highest BCUT2D eigenvalue weighted by atomic mass is 31.2. The molecule has 0 saturated carbocycles. The molecular weight excluding hydrogens is 171 g/mol. The molecule has 0 fully saturated rings. The zero-order valence-electron chi connectivity index (χ0n) is 7.04. The van der Waals surface area contributed by atoms with E-state index < -0.39 is 8.69 Å². The van der Waals surface area contributed by atoms with Gasteiger partial charge in [-0.2, -0.15) is 13.2 Å². The van der Waals surface area contributed by atoms with Crippen LogP contribution in [0.3, 0.4) is 0 Å². The molecule has 3 nitrogen and oxygen atoms in total. The molecule has 0 spiro atoms. The SMILES string of the molecule is CN(C)C(=NP(F)F)N(C)C. The largest absolute Gasteiger partial charge is 0.396 e. The van der Waals surface area contributed by atoms with E-state index in [2.05, 4.69) is 4.76 Å². The molecule has 0 amide bonds. The Balaban J connectivity index is 4.33. The van der Waals surface area contributed by atoms with Crippen LogP contribution in [0.2, 0.25) is 0 Å². The second kappa shape index (κ2) is 4.44. The van der Waals surface area contributed by atoms with Gasteiger partial charge >= 0.3 is 8.69 Å². The lowest BCUT2D eigenvalue weighted by Gasteiger charge is -2.21. The van der Waals surface area contributed by atoms with Gasteiger partial charge in [0.2, 0.25) is 5.96 Å². The maximum Gasteiger partial charge on any atom is 0.396 e. The minimum absolute atomic E-state index is 0.293. The van der Waals surface area contributed by atoms with Crippen molar-refractivity contribution in [3.8, 4) is 0 Å². The van der Waals surface area contributed by atoms with Gasteiger partial charge in [-0.15, -0.1) is 0 Å². The lowest BCUT2D eigenvalue weighted by Crippen LogP contribution is -2.34. The first-order chi connectivity index (χ1) is 4.95. The second-order valence-corrected chi connectivity index (χ2v) is 3.03. The van der Waals surface area contributed by atoms with Crippen LogP contribution in [0.5, 0.6) is 0 Å². The van der Waals surface area contributed by atoms with Crippen LogP contribution in [0, 0.1) is 0 Å². The van der Waals surface area contributed by atoms with E-state index in [4.69, 9.17) is 0 Å². The normalized spacial score (nSPS) is 9.73. The van der Waals surface area contributed by atoms with E-state index in [-0.39, 0.29) is 0 Å². The van der Waals surface area contributed by atoms with Crippen LogP contribution in [-0.4, -0.2) is 44.0 Å². The average Bonchev–Trinajstić information content (AvgIpc) is 1.81. The highest BCUT2D eigenvalue weighted by Crippen LogP contribution is 2.40. The molecule has 6 heteroatoms. The van der Waals surface area contributed by atoms with Crippen molar-refractivity contribution in [2.75, 3.05) is 28.2 Å². The summed E-state index contributed by atoms with van der Waals surface area (Å²) >= 11 is 0. The Kier molecular flexibility index (Phi) is 4.26. The van der Waals surface area contributed by atoms with Gasteiger partial charge in [-0.3, -0.25) is 0 Å². The molecule has 0 radical (unpaired) electrons. The van der Waals surface area contributed by atoms with Crippen molar-refractivity contribution >= 4 is 14.7 Å². The molecule has 11 heavy (non-hydrogen) atoms. The molecule has 0 bridgehead atoms. The molecule has 0 saturated heterocycles. The molecule has 0 atom stereocenters. The molecule has 0 N–H and O–H groups in total. The number of nitrogens with zero attached hydrogens (tertiary/aromatic N) is 3. The first-order valence-corrected chi connectivity index (χ1v) is 4.07. The topological polar surface area (TPSA) is 18.8 Å². The van der Waals surface area contributed by atoms with Gasteiger partial charge in [0.1, 0.15) is 0 Å². The van der Waals surface area contributed by atoms with E-state index in [1.54, 1.807) is 38.0 Å². The average molecular weight is 183 g/mol. The van der Waals surface area contributed by atoms with Gasteiger partial charge in [-0.1, -0.05) is 0 Å². The summed E-state index contributed by atoms with van der Waals surface area (Å²) in [7, 11) is 3.51. The lowest BCUT2D eigenvalue weighted by molar-refractivity contribution is 0.484. The number of halogens is 2. The standard InChI is InChI=1S/C5H12F2N3P/c1-9(2)5(10(3)4)8-11(6)7/h1-4H3. The summed E-state index contributed by atoms with van der Waals surface area (Å²) in [5.41, 5.74) is 0. The minimum atomic E-state index is -3.20. The van der Waals surface area contributed by atoms with E-state index in [0.717, 1.165) is 0 Å². The van der Waals surface area contributed by atoms with Gasteiger partial charge in [0, 0.05) is 28.2 Å². The van der Waals surface area contributed by atoms with E-state index in [1.807, 2.05) is 0 Å². The van der Waals surface area contributed by atoms with Crippen LogP contribution in [0.1, 0.15) is 0 Å². The molecule has 0 rings (SSSR count). The third-order valence-electron chi connectivity index (χ3n) is 0.965. The molecule has 0 aromatic heterocycles. The fraction of sp³-hybridized carbons (Fsp3) is 0.800. The highest BCUT2D eigenvalue weighted by Gasteiger charge is 2.09. The van der Waals surface area contributed by atoms with Crippen LogP contribution in [0.4, 0.5) is 8.39 Å². The smallest absolute Gasteiger partial charge is 0.349 e. The summed E-state index contributed by atoms with van der Waals surface area (Å²) in [6.45, 7) is 0. The van der Waals surface area contributed by atoms with E-state index in [9.17, 15) is 8.39 Å². The van der Waals surface area contributed by atoms with E-state index >= 15 is 0 Å². The summed E-state index contributed by atoms with van der Waals surface area (Å²) < 4.78 is 26.8. The molecule has 66 valence electrons. The van der Waals surface area contributed by atoms with Gasteiger partial charge in [-0.25, -0.2) is 0 Å². The van der Waals surface area contributed by atoms with Crippen molar-refractivity contribution in [3.05, 3.63) is 0 Å². The highest BCUT2D eigenvalue weighted by molar-refractivity contribution is 7.45. The van der Waals surface area contributed by atoms with Gasteiger partial charge in [-0.05, 0) is 0 Å². The minimum Gasteiger partial charge on any atom is -0.349 e. The van der Waals surface area contributed by atoms with Crippen molar-refractivity contribution in [2.45, 2.75) is 0 Å². The van der Waals surface area contributed by atoms with Crippen LogP contribution in [0.25, 0.3) is 0 Å². The van der Waals surface area contributed by atoms with Crippen LogP contribution >= 0.6 is 8.69 Å². The number of hydrogen-bond acceptors (Lipinski definition) is 1.